The van der Waals surface area contributed by atoms with Crippen LogP contribution in [0.1, 0.15) is 19.3 Å². The van der Waals surface area contributed by atoms with Crippen molar-refractivity contribution in [3.8, 4) is 0 Å². The molecule has 2 aliphatic carbocycles. The molecular weight excluding hydrogens is 220 g/mol. The lowest BCUT2D eigenvalue weighted by molar-refractivity contribution is -0.145. The van der Waals surface area contributed by atoms with Gasteiger partial charge in [-0.2, -0.15) is 0 Å². The van der Waals surface area contributed by atoms with Gasteiger partial charge in [-0.05, 0) is 38.8 Å². The third-order valence-corrected chi connectivity index (χ3v) is 3.83. The molecule has 0 radical (unpaired) electrons. The molecule has 0 aromatic rings. The summed E-state index contributed by atoms with van der Waals surface area (Å²) in [6.07, 6.45) is 3.28. The quantitative estimate of drug-likeness (QED) is 0.723. The van der Waals surface area contributed by atoms with E-state index in [2.05, 4.69) is 0 Å². The summed E-state index contributed by atoms with van der Waals surface area (Å²) in [7, 11) is 3.84. The van der Waals surface area contributed by atoms with Crippen LogP contribution in [0.15, 0.2) is 0 Å². The molecule has 2 rings (SSSR count). The highest BCUT2D eigenvalue weighted by Gasteiger charge is 2.66. The molecule has 1 amide bonds. The first-order valence-corrected chi connectivity index (χ1v) is 6.10. The minimum Gasteiger partial charge on any atom is -0.480 e. The average molecular weight is 240 g/mol. The zero-order valence-corrected chi connectivity index (χ0v) is 10.5. The molecule has 17 heavy (non-hydrogen) atoms. The zero-order valence-electron chi connectivity index (χ0n) is 10.5. The molecule has 0 aliphatic heterocycles. The van der Waals surface area contributed by atoms with Crippen LogP contribution in [0.4, 0.5) is 0 Å². The first-order valence-electron chi connectivity index (χ1n) is 6.10. The Morgan fingerprint density at radius 1 is 1.29 bits per heavy atom. The summed E-state index contributed by atoms with van der Waals surface area (Å²) < 4.78 is 0. The van der Waals surface area contributed by atoms with Gasteiger partial charge in [0.05, 0.1) is 0 Å². The Kier molecular flexibility index (Phi) is 3.12. The Bertz CT molecular complexity index is 337. The van der Waals surface area contributed by atoms with Gasteiger partial charge in [0, 0.05) is 19.0 Å². The molecule has 2 aliphatic rings. The topological polar surface area (TPSA) is 60.9 Å². The Hall–Kier alpha value is -1.10. The van der Waals surface area contributed by atoms with Gasteiger partial charge in [-0.1, -0.05) is 0 Å². The number of amides is 1. The van der Waals surface area contributed by atoms with Crippen molar-refractivity contribution in [3.63, 3.8) is 0 Å². The molecule has 0 aromatic carbocycles. The van der Waals surface area contributed by atoms with Gasteiger partial charge in [-0.15, -0.1) is 0 Å². The van der Waals surface area contributed by atoms with Crippen molar-refractivity contribution in [2.75, 3.05) is 33.7 Å². The molecule has 1 spiro atoms. The lowest BCUT2D eigenvalue weighted by atomic mass is 10.2. The standard InChI is InChI=1S/C12H20N2O3/c1-13(2)5-6-14(8-10(15)16)11(17)9-7-12(9)3-4-12/h9H,3-8H2,1-2H3,(H,15,16). The normalized spacial score (nSPS) is 23.8. The molecule has 5 heteroatoms. The maximum Gasteiger partial charge on any atom is 0.323 e. The number of rotatable bonds is 6. The minimum absolute atomic E-state index is 0.0479. The number of likely N-dealkylation sites (N-methyl/N-ethyl adjacent to an activating group) is 1. The second-order valence-electron chi connectivity index (χ2n) is 5.58. The van der Waals surface area contributed by atoms with E-state index in [9.17, 15) is 9.59 Å². The van der Waals surface area contributed by atoms with E-state index >= 15 is 0 Å². The van der Waals surface area contributed by atoms with E-state index in [1.54, 1.807) is 0 Å². The molecule has 96 valence electrons. The van der Waals surface area contributed by atoms with Crippen molar-refractivity contribution in [2.24, 2.45) is 11.3 Å². The van der Waals surface area contributed by atoms with Gasteiger partial charge in [-0.25, -0.2) is 0 Å². The van der Waals surface area contributed by atoms with Gasteiger partial charge in [0.1, 0.15) is 6.54 Å². The molecular formula is C12H20N2O3. The Morgan fingerprint density at radius 2 is 1.94 bits per heavy atom. The van der Waals surface area contributed by atoms with Crippen LogP contribution in [0.5, 0.6) is 0 Å². The number of carbonyl (C=O) groups excluding carboxylic acids is 1. The van der Waals surface area contributed by atoms with Gasteiger partial charge in [0.25, 0.3) is 0 Å². The van der Waals surface area contributed by atoms with Crippen molar-refractivity contribution in [1.29, 1.82) is 0 Å². The second kappa shape index (κ2) is 4.29. The van der Waals surface area contributed by atoms with E-state index in [1.807, 2.05) is 19.0 Å². The van der Waals surface area contributed by atoms with Crippen molar-refractivity contribution in [2.45, 2.75) is 19.3 Å². The molecule has 5 nitrogen and oxygen atoms in total. The van der Waals surface area contributed by atoms with Crippen LogP contribution in [-0.2, 0) is 9.59 Å². The molecule has 1 unspecified atom stereocenters. The number of hydrogen-bond donors (Lipinski definition) is 1. The highest BCUT2D eigenvalue weighted by atomic mass is 16.4. The number of carbonyl (C=O) groups is 2. The molecule has 1 atom stereocenters. The van der Waals surface area contributed by atoms with E-state index in [0.717, 1.165) is 19.3 Å². The van der Waals surface area contributed by atoms with Gasteiger partial charge >= 0.3 is 5.97 Å². The lowest BCUT2D eigenvalue weighted by Crippen LogP contribution is -2.41. The fourth-order valence-corrected chi connectivity index (χ4v) is 2.38. The number of nitrogens with zero attached hydrogens (tertiary/aromatic N) is 2. The average Bonchev–Trinajstić information content (AvgIpc) is 3.13. The predicted molar refractivity (Wildman–Crippen MR) is 62.5 cm³/mol. The number of hydrogen-bond acceptors (Lipinski definition) is 3. The van der Waals surface area contributed by atoms with Crippen LogP contribution < -0.4 is 0 Å². The van der Waals surface area contributed by atoms with Crippen molar-refractivity contribution >= 4 is 11.9 Å². The summed E-state index contributed by atoms with van der Waals surface area (Å²) in [5, 5.41) is 8.84. The van der Waals surface area contributed by atoms with Crippen molar-refractivity contribution in [1.82, 2.24) is 9.80 Å². The predicted octanol–water partition coefficient (Wildman–Crippen LogP) is 0.261. The summed E-state index contributed by atoms with van der Waals surface area (Å²) in [6.45, 7) is 1.04. The third kappa shape index (κ3) is 2.77. The fourth-order valence-electron chi connectivity index (χ4n) is 2.38. The maximum atomic E-state index is 12.2. The van der Waals surface area contributed by atoms with Gasteiger partial charge in [0.2, 0.25) is 5.91 Å². The zero-order chi connectivity index (χ0) is 12.6. The van der Waals surface area contributed by atoms with Crippen LogP contribution in [0.2, 0.25) is 0 Å². The lowest BCUT2D eigenvalue weighted by Gasteiger charge is -2.22. The van der Waals surface area contributed by atoms with Crippen molar-refractivity contribution in [3.05, 3.63) is 0 Å². The highest BCUT2D eigenvalue weighted by Crippen LogP contribution is 2.70. The SMILES string of the molecule is CN(C)CCN(CC(=O)O)C(=O)C1CC12CC2. The van der Waals surface area contributed by atoms with Crippen LogP contribution in [0.3, 0.4) is 0 Å². The monoisotopic (exact) mass is 240 g/mol. The maximum absolute atomic E-state index is 12.2. The first kappa shape index (κ1) is 12.4. The molecule has 1 N–H and O–H groups in total. The van der Waals surface area contributed by atoms with Gasteiger partial charge < -0.3 is 14.9 Å². The Balaban J connectivity index is 1.89. The van der Waals surface area contributed by atoms with E-state index in [4.69, 9.17) is 5.11 Å². The molecule has 0 saturated heterocycles. The third-order valence-electron chi connectivity index (χ3n) is 3.83. The summed E-state index contributed by atoms with van der Waals surface area (Å²) in [5.41, 5.74) is 0.298. The summed E-state index contributed by atoms with van der Waals surface area (Å²) in [5.74, 6) is -0.765. The van der Waals surface area contributed by atoms with Crippen LogP contribution >= 0.6 is 0 Å². The molecule has 0 heterocycles. The van der Waals surface area contributed by atoms with Crippen LogP contribution in [-0.4, -0.2) is 60.5 Å². The summed E-state index contributed by atoms with van der Waals surface area (Å²) in [6, 6.07) is 0. The first-order chi connectivity index (χ1) is 7.94. The second-order valence-corrected chi connectivity index (χ2v) is 5.58. The van der Waals surface area contributed by atoms with E-state index in [0.29, 0.717) is 18.5 Å². The number of carboxylic acids is 1. The molecule has 2 fully saturated rings. The summed E-state index contributed by atoms with van der Waals surface area (Å²) in [4.78, 5) is 26.4. The Labute approximate surface area is 101 Å². The molecule has 2 saturated carbocycles. The minimum atomic E-state index is -0.928. The number of carboxylic acid groups (broad SMARTS) is 1. The van der Waals surface area contributed by atoms with Crippen LogP contribution in [0, 0.1) is 11.3 Å². The van der Waals surface area contributed by atoms with E-state index < -0.39 is 5.97 Å². The van der Waals surface area contributed by atoms with E-state index in [1.165, 1.54) is 4.90 Å². The van der Waals surface area contributed by atoms with Crippen molar-refractivity contribution < 1.29 is 14.7 Å². The number of aliphatic carboxylic acids is 1. The molecule has 0 aromatic heterocycles. The summed E-state index contributed by atoms with van der Waals surface area (Å²) >= 11 is 0. The molecule has 0 bridgehead atoms. The van der Waals surface area contributed by atoms with Gasteiger partial charge in [-0.3, -0.25) is 9.59 Å². The van der Waals surface area contributed by atoms with E-state index in [-0.39, 0.29) is 18.4 Å². The van der Waals surface area contributed by atoms with Crippen LogP contribution in [0.25, 0.3) is 0 Å². The van der Waals surface area contributed by atoms with Gasteiger partial charge in [0.15, 0.2) is 0 Å². The highest BCUT2D eigenvalue weighted by molar-refractivity contribution is 5.86. The Morgan fingerprint density at radius 3 is 2.35 bits per heavy atom. The largest absolute Gasteiger partial charge is 0.480 e. The smallest absolute Gasteiger partial charge is 0.323 e. The fraction of sp³-hybridized carbons (Fsp3) is 0.833.